The predicted molar refractivity (Wildman–Crippen MR) is 122 cm³/mol. The van der Waals surface area contributed by atoms with Gasteiger partial charge in [0, 0.05) is 17.7 Å². The van der Waals surface area contributed by atoms with Gasteiger partial charge in [-0.05, 0) is 49.0 Å². The molecule has 0 heterocycles. The Labute approximate surface area is 188 Å². The summed E-state index contributed by atoms with van der Waals surface area (Å²) in [6.45, 7) is 1.92. The summed E-state index contributed by atoms with van der Waals surface area (Å²) in [5.74, 6) is -0.346. The maximum absolute atomic E-state index is 12.4. The number of methoxy groups -OCH3 is 1. The number of hydrogen-bond acceptors (Lipinski definition) is 4. The maximum atomic E-state index is 12.4. The lowest BCUT2D eigenvalue weighted by molar-refractivity contribution is -0.116. The van der Waals surface area contributed by atoms with Crippen molar-refractivity contribution in [3.63, 3.8) is 0 Å². The first-order valence-electron chi connectivity index (χ1n) is 8.50. The molecule has 154 valence electrons. The molecule has 29 heavy (non-hydrogen) atoms. The summed E-state index contributed by atoms with van der Waals surface area (Å²) in [7, 11) is 1.43. The molecule has 0 spiro atoms. The van der Waals surface area contributed by atoms with Crippen LogP contribution in [0.3, 0.4) is 0 Å². The molecule has 10 heteroatoms. The number of carbonyl (C=O) groups excluding carboxylic acids is 2. The fourth-order valence-corrected chi connectivity index (χ4v) is 3.37. The van der Waals surface area contributed by atoms with Crippen molar-refractivity contribution in [2.45, 2.75) is 19.8 Å². The van der Waals surface area contributed by atoms with Crippen molar-refractivity contribution < 1.29 is 14.3 Å². The van der Waals surface area contributed by atoms with Gasteiger partial charge in [0.15, 0.2) is 10.9 Å². The van der Waals surface area contributed by atoms with Crippen molar-refractivity contribution in [1.29, 1.82) is 0 Å². The Hall–Kier alpha value is -2.06. The van der Waals surface area contributed by atoms with Gasteiger partial charge in [0.25, 0.3) is 5.91 Å². The van der Waals surface area contributed by atoms with Gasteiger partial charge in [-0.2, -0.15) is 0 Å². The van der Waals surface area contributed by atoms with E-state index in [1.54, 1.807) is 18.2 Å². The number of carbonyl (C=O) groups is 2. The SMILES string of the molecule is CCCC(=O)Nc1ccc(Cl)c(NC(=S)NC(=O)c2cc(Cl)c(OC)c(Cl)c2)c1. The molecule has 0 radical (unpaired) electrons. The number of halogens is 3. The van der Waals surface area contributed by atoms with Crippen LogP contribution >= 0.6 is 47.0 Å². The van der Waals surface area contributed by atoms with Gasteiger partial charge in [-0.1, -0.05) is 41.7 Å². The number of hydrogen-bond donors (Lipinski definition) is 3. The minimum absolute atomic E-state index is 0.0111. The van der Waals surface area contributed by atoms with E-state index in [1.807, 2.05) is 6.92 Å². The largest absolute Gasteiger partial charge is 0.494 e. The zero-order valence-corrected chi connectivity index (χ0v) is 18.7. The summed E-state index contributed by atoms with van der Waals surface area (Å²) >= 11 is 23.5. The maximum Gasteiger partial charge on any atom is 0.257 e. The number of benzene rings is 2. The molecule has 0 saturated heterocycles. The third-order valence-corrected chi connectivity index (χ3v) is 4.76. The van der Waals surface area contributed by atoms with Crippen LogP contribution in [0.15, 0.2) is 30.3 Å². The number of ether oxygens (including phenoxy) is 1. The Morgan fingerprint density at radius 3 is 2.28 bits per heavy atom. The zero-order chi connectivity index (χ0) is 21.6. The first kappa shape index (κ1) is 23.2. The van der Waals surface area contributed by atoms with Crippen LogP contribution in [0.2, 0.25) is 15.1 Å². The topological polar surface area (TPSA) is 79.5 Å². The molecule has 0 aliphatic carbocycles. The lowest BCUT2D eigenvalue weighted by Gasteiger charge is -2.13. The first-order valence-corrected chi connectivity index (χ1v) is 10.0. The highest BCUT2D eigenvalue weighted by Gasteiger charge is 2.15. The Morgan fingerprint density at radius 2 is 1.69 bits per heavy atom. The van der Waals surface area contributed by atoms with E-state index >= 15 is 0 Å². The van der Waals surface area contributed by atoms with Gasteiger partial charge < -0.3 is 15.4 Å². The highest BCUT2D eigenvalue weighted by Crippen LogP contribution is 2.33. The Balaban J connectivity index is 2.09. The van der Waals surface area contributed by atoms with E-state index in [4.69, 9.17) is 51.8 Å². The van der Waals surface area contributed by atoms with Crippen LogP contribution in [0.25, 0.3) is 0 Å². The summed E-state index contributed by atoms with van der Waals surface area (Å²) in [5.41, 5.74) is 1.19. The summed E-state index contributed by atoms with van der Waals surface area (Å²) in [5, 5.41) is 8.89. The van der Waals surface area contributed by atoms with E-state index < -0.39 is 5.91 Å². The first-order chi connectivity index (χ1) is 13.7. The molecule has 2 amide bonds. The van der Waals surface area contributed by atoms with Crippen molar-refractivity contribution in [3.8, 4) is 5.75 Å². The van der Waals surface area contributed by atoms with Gasteiger partial charge in [0.1, 0.15) is 0 Å². The molecule has 2 rings (SSSR count). The second kappa shape index (κ2) is 10.6. The van der Waals surface area contributed by atoms with Crippen molar-refractivity contribution >= 4 is 75.3 Å². The number of rotatable bonds is 6. The van der Waals surface area contributed by atoms with E-state index in [0.29, 0.717) is 22.8 Å². The predicted octanol–water partition coefficient (Wildman–Crippen LogP) is 5.52. The van der Waals surface area contributed by atoms with Crippen LogP contribution in [-0.4, -0.2) is 24.0 Å². The lowest BCUT2D eigenvalue weighted by Crippen LogP contribution is -2.34. The minimum atomic E-state index is -0.516. The average molecular weight is 475 g/mol. The smallest absolute Gasteiger partial charge is 0.257 e. The number of anilines is 2. The molecular formula is C19H18Cl3N3O3S. The van der Waals surface area contributed by atoms with Crippen LogP contribution in [0, 0.1) is 0 Å². The molecule has 0 aromatic heterocycles. The van der Waals surface area contributed by atoms with Gasteiger partial charge in [-0.3, -0.25) is 14.9 Å². The van der Waals surface area contributed by atoms with Crippen molar-refractivity contribution in [3.05, 3.63) is 51.0 Å². The molecule has 0 saturated carbocycles. The Morgan fingerprint density at radius 1 is 1.03 bits per heavy atom. The molecule has 6 nitrogen and oxygen atoms in total. The number of thiocarbonyl (C=S) groups is 1. The van der Waals surface area contributed by atoms with Gasteiger partial charge in [0.2, 0.25) is 5.91 Å². The molecule has 0 bridgehead atoms. The second-order valence-electron chi connectivity index (χ2n) is 5.87. The molecular weight excluding hydrogens is 457 g/mol. The highest BCUT2D eigenvalue weighted by molar-refractivity contribution is 7.80. The summed E-state index contributed by atoms with van der Waals surface area (Å²) in [4.78, 5) is 24.2. The standard InChI is InChI=1S/C19H18Cl3N3O3S/c1-3-4-16(26)23-11-5-6-12(20)15(9-11)24-19(29)25-18(27)10-7-13(21)17(28-2)14(22)8-10/h5-9H,3-4H2,1-2H3,(H,23,26)(H2,24,25,27,29). The minimum Gasteiger partial charge on any atom is -0.494 e. The van der Waals surface area contributed by atoms with E-state index in [0.717, 1.165) is 6.42 Å². The van der Waals surface area contributed by atoms with Crippen molar-refractivity contribution in [1.82, 2.24) is 5.32 Å². The van der Waals surface area contributed by atoms with Gasteiger partial charge >= 0.3 is 0 Å². The zero-order valence-electron chi connectivity index (χ0n) is 15.6. The summed E-state index contributed by atoms with van der Waals surface area (Å²) < 4.78 is 5.06. The molecule has 0 aliphatic heterocycles. The third-order valence-electron chi connectivity index (χ3n) is 3.67. The molecule has 2 aromatic rings. The van der Waals surface area contributed by atoms with E-state index in [-0.39, 0.29) is 32.4 Å². The van der Waals surface area contributed by atoms with Gasteiger partial charge in [0.05, 0.1) is 27.9 Å². The fourth-order valence-electron chi connectivity index (χ4n) is 2.36. The normalized spacial score (nSPS) is 10.2. The fraction of sp³-hybridized carbons (Fsp3) is 0.211. The number of amides is 2. The van der Waals surface area contributed by atoms with Gasteiger partial charge in [-0.25, -0.2) is 0 Å². The van der Waals surface area contributed by atoms with Gasteiger partial charge in [-0.15, -0.1) is 0 Å². The van der Waals surface area contributed by atoms with Crippen LogP contribution in [-0.2, 0) is 4.79 Å². The molecule has 0 fully saturated rings. The Kier molecular flexibility index (Phi) is 8.52. The van der Waals surface area contributed by atoms with Crippen LogP contribution in [0.5, 0.6) is 5.75 Å². The number of nitrogens with one attached hydrogen (secondary N) is 3. The second-order valence-corrected chi connectivity index (χ2v) is 7.50. The van der Waals surface area contributed by atoms with Crippen LogP contribution < -0.4 is 20.7 Å². The highest BCUT2D eigenvalue weighted by atomic mass is 35.5. The summed E-state index contributed by atoms with van der Waals surface area (Å²) in [6, 6.07) is 7.74. The van der Waals surface area contributed by atoms with E-state index in [1.165, 1.54) is 19.2 Å². The lowest BCUT2D eigenvalue weighted by atomic mass is 10.2. The molecule has 0 aliphatic rings. The molecule has 3 N–H and O–H groups in total. The molecule has 0 atom stereocenters. The molecule has 0 unspecified atom stereocenters. The van der Waals surface area contributed by atoms with E-state index in [2.05, 4.69) is 16.0 Å². The summed E-state index contributed by atoms with van der Waals surface area (Å²) in [6.07, 6.45) is 1.15. The molecule has 2 aromatic carbocycles. The van der Waals surface area contributed by atoms with Crippen LogP contribution in [0.1, 0.15) is 30.1 Å². The third kappa shape index (κ3) is 6.47. The Bertz CT molecular complexity index is 931. The monoisotopic (exact) mass is 473 g/mol. The average Bonchev–Trinajstić information content (AvgIpc) is 2.64. The quantitative estimate of drug-likeness (QED) is 0.480. The van der Waals surface area contributed by atoms with Crippen molar-refractivity contribution in [2.75, 3.05) is 17.7 Å². The van der Waals surface area contributed by atoms with Crippen LogP contribution in [0.4, 0.5) is 11.4 Å². The van der Waals surface area contributed by atoms with E-state index in [9.17, 15) is 9.59 Å². The van der Waals surface area contributed by atoms with Crippen molar-refractivity contribution in [2.24, 2.45) is 0 Å².